The number of hydrogen-bond acceptors (Lipinski definition) is 3. The van der Waals surface area contributed by atoms with Crippen molar-refractivity contribution in [3.05, 3.63) is 65.2 Å². The molecule has 0 saturated carbocycles. The van der Waals surface area contributed by atoms with E-state index in [2.05, 4.69) is 0 Å². The van der Waals surface area contributed by atoms with Gasteiger partial charge in [0.25, 0.3) is 5.24 Å². The largest absolute Gasteiger partial charge is 0.507 e. The Labute approximate surface area is 109 Å². The van der Waals surface area contributed by atoms with Gasteiger partial charge in [-0.1, -0.05) is 30.3 Å². The lowest BCUT2D eigenvalue weighted by molar-refractivity contribution is 0.102. The van der Waals surface area contributed by atoms with Crippen molar-refractivity contribution in [2.45, 2.75) is 0 Å². The predicted molar refractivity (Wildman–Crippen MR) is 68.2 cm³/mol. The van der Waals surface area contributed by atoms with Crippen molar-refractivity contribution in [2.24, 2.45) is 0 Å². The Bertz CT molecular complexity index is 620. The number of rotatable bonds is 3. The first-order valence-corrected chi connectivity index (χ1v) is 5.60. The van der Waals surface area contributed by atoms with Crippen molar-refractivity contribution in [1.29, 1.82) is 0 Å². The number of aromatic hydroxyl groups is 1. The molecule has 0 radical (unpaired) electrons. The second kappa shape index (κ2) is 5.02. The van der Waals surface area contributed by atoms with Gasteiger partial charge in [0.1, 0.15) is 5.75 Å². The Balaban J connectivity index is 2.54. The zero-order chi connectivity index (χ0) is 13.1. The molecule has 2 aromatic rings. The van der Waals surface area contributed by atoms with Crippen molar-refractivity contribution >= 4 is 22.6 Å². The van der Waals surface area contributed by atoms with Crippen LogP contribution < -0.4 is 0 Å². The standard InChI is InChI=1S/C14H9ClO3/c15-14(18)10-6-2-1-5-9(10)13(17)11-7-3-4-8-12(11)16/h1-8,16H. The summed E-state index contributed by atoms with van der Waals surface area (Å²) in [5.74, 6) is -0.558. The number of carbonyl (C=O) groups excluding carboxylic acids is 2. The van der Waals surface area contributed by atoms with Gasteiger partial charge in [-0.2, -0.15) is 0 Å². The highest BCUT2D eigenvalue weighted by Crippen LogP contribution is 2.22. The molecule has 0 aliphatic heterocycles. The highest BCUT2D eigenvalue weighted by Gasteiger charge is 2.18. The average molecular weight is 261 g/mol. The Morgan fingerprint density at radius 2 is 1.33 bits per heavy atom. The molecule has 1 N–H and O–H groups in total. The monoisotopic (exact) mass is 260 g/mol. The zero-order valence-corrected chi connectivity index (χ0v) is 10.0. The van der Waals surface area contributed by atoms with Crippen LogP contribution in [0, 0.1) is 0 Å². The molecule has 0 saturated heterocycles. The maximum Gasteiger partial charge on any atom is 0.253 e. The summed E-state index contributed by atoms with van der Waals surface area (Å²) in [6.45, 7) is 0. The molecule has 0 aliphatic carbocycles. The first-order valence-electron chi connectivity index (χ1n) is 5.23. The lowest BCUT2D eigenvalue weighted by Gasteiger charge is -2.06. The van der Waals surface area contributed by atoms with Crippen LogP contribution in [0.5, 0.6) is 5.75 Å². The number of phenolic OH excluding ortho intramolecular Hbond substituents is 1. The van der Waals surface area contributed by atoms with E-state index in [4.69, 9.17) is 11.6 Å². The molecule has 90 valence electrons. The first kappa shape index (κ1) is 12.3. The summed E-state index contributed by atoms with van der Waals surface area (Å²) in [5, 5.41) is 8.93. The quantitative estimate of drug-likeness (QED) is 0.682. The summed E-state index contributed by atoms with van der Waals surface area (Å²) in [4.78, 5) is 23.5. The van der Waals surface area contributed by atoms with Gasteiger partial charge in [0.15, 0.2) is 5.78 Å². The summed E-state index contributed by atoms with van der Waals surface area (Å²) in [6, 6.07) is 12.4. The maximum absolute atomic E-state index is 12.2. The highest BCUT2D eigenvalue weighted by atomic mass is 35.5. The number of phenols is 1. The third-order valence-electron chi connectivity index (χ3n) is 2.53. The molecule has 0 fully saturated rings. The molecule has 0 spiro atoms. The van der Waals surface area contributed by atoms with Crippen LogP contribution in [0.15, 0.2) is 48.5 Å². The molecule has 18 heavy (non-hydrogen) atoms. The van der Waals surface area contributed by atoms with E-state index < -0.39 is 11.0 Å². The minimum absolute atomic E-state index is 0.126. The third-order valence-corrected chi connectivity index (χ3v) is 2.74. The number of carbonyl (C=O) groups is 2. The van der Waals surface area contributed by atoms with Gasteiger partial charge in [0, 0.05) is 11.1 Å². The van der Waals surface area contributed by atoms with E-state index in [9.17, 15) is 14.7 Å². The molecule has 0 unspecified atom stereocenters. The van der Waals surface area contributed by atoms with Crippen LogP contribution >= 0.6 is 11.6 Å². The lowest BCUT2D eigenvalue weighted by atomic mass is 9.98. The maximum atomic E-state index is 12.2. The van der Waals surface area contributed by atoms with E-state index in [1.54, 1.807) is 24.3 Å². The van der Waals surface area contributed by atoms with E-state index >= 15 is 0 Å². The molecule has 0 atom stereocenters. The molecule has 3 nitrogen and oxygen atoms in total. The van der Waals surface area contributed by atoms with Crippen LogP contribution in [0.1, 0.15) is 26.3 Å². The molecule has 0 aromatic heterocycles. The van der Waals surface area contributed by atoms with Gasteiger partial charge in [-0.3, -0.25) is 9.59 Å². The fourth-order valence-electron chi connectivity index (χ4n) is 1.66. The highest BCUT2D eigenvalue weighted by molar-refractivity contribution is 6.68. The van der Waals surface area contributed by atoms with Gasteiger partial charge in [-0.05, 0) is 29.8 Å². The molecule has 4 heteroatoms. The topological polar surface area (TPSA) is 54.4 Å². The summed E-state index contributed by atoms with van der Waals surface area (Å²) < 4.78 is 0. The number of benzene rings is 2. The number of hydrogen-bond donors (Lipinski definition) is 1. The van der Waals surface area contributed by atoms with Gasteiger partial charge in [-0.25, -0.2) is 0 Å². The second-order valence-electron chi connectivity index (χ2n) is 3.67. The summed E-state index contributed by atoms with van der Waals surface area (Å²) in [7, 11) is 0. The molecule has 2 aromatic carbocycles. The van der Waals surface area contributed by atoms with Gasteiger partial charge in [-0.15, -0.1) is 0 Å². The van der Waals surface area contributed by atoms with Crippen molar-refractivity contribution < 1.29 is 14.7 Å². The van der Waals surface area contributed by atoms with Crippen LogP contribution in [-0.4, -0.2) is 16.1 Å². The van der Waals surface area contributed by atoms with E-state index in [1.165, 1.54) is 24.3 Å². The number of halogens is 1. The lowest BCUT2D eigenvalue weighted by Crippen LogP contribution is -2.07. The Kier molecular flexibility index (Phi) is 3.44. The minimum atomic E-state index is -0.700. The summed E-state index contributed by atoms with van der Waals surface area (Å²) >= 11 is 5.43. The Morgan fingerprint density at radius 1 is 0.833 bits per heavy atom. The number of ketones is 1. The summed E-state index contributed by atoms with van der Waals surface area (Å²) in [6.07, 6.45) is 0. The normalized spacial score (nSPS) is 10.1. The van der Waals surface area contributed by atoms with Crippen LogP contribution in [0.3, 0.4) is 0 Å². The number of para-hydroxylation sites is 1. The van der Waals surface area contributed by atoms with Crippen LogP contribution in [0.4, 0.5) is 0 Å². The van der Waals surface area contributed by atoms with Crippen molar-refractivity contribution in [2.75, 3.05) is 0 Å². The van der Waals surface area contributed by atoms with E-state index in [0.29, 0.717) is 0 Å². The van der Waals surface area contributed by atoms with Crippen LogP contribution in [-0.2, 0) is 0 Å². The summed E-state index contributed by atoms with van der Waals surface area (Å²) in [5.41, 5.74) is 0.453. The minimum Gasteiger partial charge on any atom is -0.507 e. The first-order chi connectivity index (χ1) is 8.61. The van der Waals surface area contributed by atoms with E-state index in [1.807, 2.05) is 0 Å². The van der Waals surface area contributed by atoms with Crippen LogP contribution in [0.2, 0.25) is 0 Å². The van der Waals surface area contributed by atoms with Gasteiger partial charge < -0.3 is 5.11 Å². The molecule has 2 rings (SSSR count). The smallest absolute Gasteiger partial charge is 0.253 e. The Hall–Kier alpha value is -2.13. The molecule has 0 bridgehead atoms. The van der Waals surface area contributed by atoms with Gasteiger partial charge in [0.2, 0.25) is 0 Å². The van der Waals surface area contributed by atoms with Crippen molar-refractivity contribution in [1.82, 2.24) is 0 Å². The second-order valence-corrected chi connectivity index (χ2v) is 4.01. The molecular formula is C14H9ClO3. The molecule has 0 aliphatic rings. The van der Waals surface area contributed by atoms with E-state index in [-0.39, 0.29) is 22.4 Å². The van der Waals surface area contributed by atoms with E-state index in [0.717, 1.165) is 0 Å². The van der Waals surface area contributed by atoms with Gasteiger partial charge >= 0.3 is 0 Å². The zero-order valence-electron chi connectivity index (χ0n) is 9.26. The third kappa shape index (κ3) is 2.26. The van der Waals surface area contributed by atoms with Crippen LogP contribution in [0.25, 0.3) is 0 Å². The fraction of sp³-hybridized carbons (Fsp3) is 0. The SMILES string of the molecule is O=C(Cl)c1ccccc1C(=O)c1ccccc1O. The fourth-order valence-corrected chi connectivity index (χ4v) is 1.83. The van der Waals surface area contributed by atoms with Crippen molar-refractivity contribution in [3.63, 3.8) is 0 Å². The molecular weight excluding hydrogens is 252 g/mol. The Morgan fingerprint density at radius 3 is 1.89 bits per heavy atom. The van der Waals surface area contributed by atoms with Crippen molar-refractivity contribution in [3.8, 4) is 5.75 Å². The molecule has 0 amide bonds. The molecule has 0 heterocycles. The average Bonchev–Trinajstić information content (AvgIpc) is 2.38. The predicted octanol–water partition coefficient (Wildman–Crippen LogP) is 3.00. The van der Waals surface area contributed by atoms with Gasteiger partial charge in [0.05, 0.1) is 5.56 Å².